The number of nitrogens with zero attached hydrogens (tertiary/aromatic N) is 6. The molecule has 3 atom stereocenters. The van der Waals surface area contributed by atoms with Crippen LogP contribution in [0.5, 0.6) is 0 Å². The maximum absolute atomic E-state index is 13.1. The first-order valence-electron chi connectivity index (χ1n) is 12.8. The molecule has 37 heavy (non-hydrogen) atoms. The Morgan fingerprint density at radius 2 is 1.89 bits per heavy atom. The summed E-state index contributed by atoms with van der Waals surface area (Å²) in [6.45, 7) is 3.56. The Balaban J connectivity index is 1.31. The van der Waals surface area contributed by atoms with Gasteiger partial charge in [-0.15, -0.1) is 0 Å². The van der Waals surface area contributed by atoms with Crippen molar-refractivity contribution in [2.75, 3.05) is 31.1 Å². The van der Waals surface area contributed by atoms with Crippen molar-refractivity contribution < 1.29 is 23.1 Å². The van der Waals surface area contributed by atoms with Gasteiger partial charge >= 0.3 is 12.1 Å². The normalized spacial score (nSPS) is 33.7. The van der Waals surface area contributed by atoms with Crippen molar-refractivity contribution in [3.8, 4) is 6.07 Å². The van der Waals surface area contributed by atoms with Gasteiger partial charge in [0.25, 0.3) is 0 Å². The first-order chi connectivity index (χ1) is 17.4. The van der Waals surface area contributed by atoms with Gasteiger partial charge in [0.15, 0.2) is 0 Å². The summed E-state index contributed by atoms with van der Waals surface area (Å²) in [6.07, 6.45) is 0.636. The minimum atomic E-state index is -4.54. The molecule has 4 bridgehead atoms. The maximum Gasteiger partial charge on any atom is 0.433 e. The Morgan fingerprint density at radius 1 is 1.24 bits per heavy atom. The van der Waals surface area contributed by atoms with Crippen LogP contribution in [-0.2, 0) is 11.0 Å². The van der Waals surface area contributed by atoms with Gasteiger partial charge in [-0.3, -0.25) is 14.7 Å². The van der Waals surface area contributed by atoms with E-state index < -0.39 is 28.8 Å². The number of aromatic nitrogens is 2. The van der Waals surface area contributed by atoms with Crippen LogP contribution in [0.2, 0.25) is 0 Å². The number of carboxylic acid groups (broad SMARTS) is 1. The Morgan fingerprint density at radius 3 is 2.46 bits per heavy atom. The molecule has 1 aromatic heterocycles. The number of aliphatic imine (C=N–C) groups is 1. The molecule has 4 saturated carbocycles. The highest BCUT2D eigenvalue weighted by molar-refractivity contribution is 5.90. The van der Waals surface area contributed by atoms with Gasteiger partial charge in [0.05, 0.1) is 29.5 Å². The Hall–Kier alpha value is -2.94. The van der Waals surface area contributed by atoms with Crippen molar-refractivity contribution in [2.45, 2.75) is 63.2 Å². The summed E-state index contributed by atoms with van der Waals surface area (Å²) in [4.78, 5) is 28.5. The van der Waals surface area contributed by atoms with E-state index in [9.17, 15) is 28.3 Å². The van der Waals surface area contributed by atoms with E-state index in [0.29, 0.717) is 50.8 Å². The number of rotatable bonds is 6. The molecule has 12 heteroatoms. The smallest absolute Gasteiger partial charge is 0.433 e. The first kappa shape index (κ1) is 25.7. The fourth-order valence-electron chi connectivity index (χ4n) is 7.35. The highest BCUT2D eigenvalue weighted by atomic mass is 19.4. The second-order valence-corrected chi connectivity index (χ2v) is 11.4. The van der Waals surface area contributed by atoms with Gasteiger partial charge in [-0.2, -0.15) is 18.4 Å². The average Bonchev–Trinajstić information content (AvgIpc) is 2.85. The number of nitriles is 1. The predicted octanol–water partition coefficient (Wildman–Crippen LogP) is 2.93. The van der Waals surface area contributed by atoms with Crippen molar-refractivity contribution >= 4 is 17.8 Å². The molecule has 1 aromatic rings. The molecule has 200 valence electrons. The molecule has 1 saturated heterocycles. The highest BCUT2D eigenvalue weighted by Crippen LogP contribution is 2.61. The zero-order chi connectivity index (χ0) is 26.6. The molecule has 0 amide bonds. The molecular weight excluding hydrogens is 487 g/mol. The van der Waals surface area contributed by atoms with Crippen molar-refractivity contribution in [3.63, 3.8) is 0 Å². The van der Waals surface area contributed by atoms with E-state index in [-0.39, 0.29) is 30.2 Å². The Labute approximate surface area is 213 Å². The minimum Gasteiger partial charge on any atom is -0.481 e. The van der Waals surface area contributed by atoms with E-state index in [1.165, 1.54) is 0 Å². The van der Waals surface area contributed by atoms with Gasteiger partial charge < -0.3 is 15.7 Å². The van der Waals surface area contributed by atoms with Crippen LogP contribution < -0.4 is 10.6 Å². The number of alkyl halides is 3. The number of piperazine rings is 1. The van der Waals surface area contributed by atoms with Gasteiger partial charge in [0.1, 0.15) is 11.5 Å². The summed E-state index contributed by atoms with van der Waals surface area (Å²) in [5.74, 6) is 0.500. The lowest BCUT2D eigenvalue weighted by Crippen LogP contribution is -2.62. The quantitative estimate of drug-likeness (QED) is 0.433. The van der Waals surface area contributed by atoms with E-state index >= 15 is 0 Å². The molecule has 3 unspecified atom stereocenters. The Bertz CT molecular complexity index is 1110. The number of nitrogens with two attached hydrogens (primary N) is 1. The zero-order valence-electron chi connectivity index (χ0n) is 20.8. The zero-order valence-corrected chi connectivity index (χ0v) is 20.8. The lowest BCUT2D eigenvalue weighted by molar-refractivity contribution is -0.166. The van der Waals surface area contributed by atoms with Crippen LogP contribution in [-0.4, -0.2) is 69.5 Å². The molecular formula is C25H32F3N7O2. The number of anilines is 1. The summed E-state index contributed by atoms with van der Waals surface area (Å²) in [7, 11) is 0. The van der Waals surface area contributed by atoms with Crippen LogP contribution in [0.15, 0.2) is 17.3 Å². The van der Waals surface area contributed by atoms with Gasteiger partial charge in [-0.1, -0.05) is 0 Å². The van der Waals surface area contributed by atoms with Crippen LogP contribution >= 0.6 is 0 Å². The van der Waals surface area contributed by atoms with Crippen molar-refractivity contribution in [1.82, 2.24) is 14.9 Å². The number of halogens is 3. The highest BCUT2D eigenvalue weighted by Gasteiger charge is 2.59. The Kier molecular flexibility index (Phi) is 6.33. The molecule has 5 aliphatic rings. The van der Waals surface area contributed by atoms with Crippen LogP contribution in [0, 0.1) is 34.5 Å². The third-order valence-electron chi connectivity index (χ3n) is 9.13. The first-order valence-corrected chi connectivity index (χ1v) is 12.8. The molecule has 0 aromatic carbocycles. The molecule has 3 N–H and O–H groups in total. The molecule has 9 nitrogen and oxygen atoms in total. The second-order valence-electron chi connectivity index (χ2n) is 11.4. The number of hydrogen-bond donors (Lipinski definition) is 2. The summed E-state index contributed by atoms with van der Waals surface area (Å²) >= 11 is 0. The molecule has 1 aliphatic heterocycles. The van der Waals surface area contributed by atoms with E-state index in [1.54, 1.807) is 4.90 Å². The third kappa shape index (κ3) is 4.51. The number of amidine groups is 1. The molecule has 0 radical (unpaired) electrons. The van der Waals surface area contributed by atoms with Crippen molar-refractivity contribution in [2.24, 2.45) is 33.9 Å². The third-order valence-corrected chi connectivity index (χ3v) is 9.13. The molecule has 2 heterocycles. The molecule has 6 rings (SSSR count). The van der Waals surface area contributed by atoms with Gasteiger partial charge in [0.2, 0.25) is 5.95 Å². The largest absolute Gasteiger partial charge is 0.481 e. The van der Waals surface area contributed by atoms with Gasteiger partial charge in [0, 0.05) is 32.4 Å². The van der Waals surface area contributed by atoms with Crippen molar-refractivity contribution in [3.05, 3.63) is 18.0 Å². The lowest BCUT2D eigenvalue weighted by Gasteiger charge is -2.57. The number of aliphatic carboxylic acids is 1. The summed E-state index contributed by atoms with van der Waals surface area (Å²) in [5.41, 5.74) is 4.18. The predicted molar refractivity (Wildman–Crippen MR) is 128 cm³/mol. The van der Waals surface area contributed by atoms with Gasteiger partial charge in [-0.05, 0) is 62.8 Å². The SMILES string of the molecule is CC(CC#N)(C(N)=NC1C2CC3CC1CC(C(=O)O)(C3)C2)N1CCN(c2nccc(C(F)(F)F)n2)CC1. The van der Waals surface area contributed by atoms with Crippen LogP contribution in [0.1, 0.15) is 51.1 Å². The van der Waals surface area contributed by atoms with Crippen molar-refractivity contribution in [1.29, 1.82) is 5.26 Å². The summed E-state index contributed by atoms with van der Waals surface area (Å²) in [6, 6.07) is 3.04. The lowest BCUT2D eigenvalue weighted by atomic mass is 9.48. The van der Waals surface area contributed by atoms with E-state index in [0.717, 1.165) is 31.5 Å². The number of hydrogen-bond acceptors (Lipinski definition) is 7. The van der Waals surface area contributed by atoms with E-state index in [4.69, 9.17) is 10.7 Å². The maximum atomic E-state index is 13.1. The van der Waals surface area contributed by atoms with Gasteiger partial charge in [-0.25, -0.2) is 9.97 Å². The summed E-state index contributed by atoms with van der Waals surface area (Å²) in [5, 5.41) is 19.5. The number of carbonyl (C=O) groups is 1. The molecule has 5 fully saturated rings. The molecule has 4 aliphatic carbocycles. The van der Waals surface area contributed by atoms with E-state index in [2.05, 4.69) is 20.9 Å². The monoisotopic (exact) mass is 519 g/mol. The van der Waals surface area contributed by atoms with Crippen LogP contribution in [0.25, 0.3) is 0 Å². The average molecular weight is 520 g/mol. The summed E-state index contributed by atoms with van der Waals surface area (Å²) < 4.78 is 39.3. The fraction of sp³-hybridized carbons (Fsp3) is 0.720. The second kappa shape index (κ2) is 9.11. The number of carboxylic acids is 1. The van der Waals surface area contributed by atoms with Crippen LogP contribution in [0.3, 0.4) is 0 Å². The fourth-order valence-corrected chi connectivity index (χ4v) is 7.35. The molecule has 0 spiro atoms. The van der Waals surface area contributed by atoms with E-state index in [1.807, 2.05) is 6.92 Å². The standard InChI is InChI=1S/C25H32F3N7O2/c1-23(3-4-29,35-8-6-34(7-9-35)22-31-5-2-18(32-22)25(26,27)28)20(30)33-19-16-10-15-11-17(19)14-24(12-15,13-16)21(36)37/h2,5,15-17,19H,3,6-14H2,1H3,(H2,30,33)(H,36,37). The van der Waals surface area contributed by atoms with Crippen LogP contribution in [0.4, 0.5) is 19.1 Å². The topological polar surface area (TPSA) is 132 Å². The minimum absolute atomic E-state index is 0.0269.